The molecular weight excluding hydrogens is 332 g/mol. The molecule has 2 aromatic rings. The lowest BCUT2D eigenvalue weighted by molar-refractivity contribution is -0.137. The normalized spacial score (nSPS) is 22.9. The molecule has 2 saturated heterocycles. The molecule has 4 heteroatoms. The Kier molecular flexibility index (Phi) is 5.45. The highest BCUT2D eigenvalue weighted by Crippen LogP contribution is 2.38. The summed E-state index contributed by atoms with van der Waals surface area (Å²) in [6.07, 6.45) is 3.16. The summed E-state index contributed by atoms with van der Waals surface area (Å²) in [4.78, 5) is 14.9. The third kappa shape index (κ3) is 3.58. The van der Waals surface area contributed by atoms with Gasteiger partial charge >= 0.3 is 0 Å². The van der Waals surface area contributed by atoms with Crippen LogP contribution in [-0.4, -0.2) is 30.4 Å². The van der Waals surface area contributed by atoms with E-state index >= 15 is 0 Å². The summed E-state index contributed by atoms with van der Waals surface area (Å²) in [5, 5.41) is 3.41. The van der Waals surface area contributed by atoms with Crippen LogP contribution in [0.2, 0.25) is 0 Å². The number of halogens is 1. The molecule has 0 aromatic heterocycles. The number of benzene rings is 2. The summed E-state index contributed by atoms with van der Waals surface area (Å²) in [7, 11) is 0. The first-order valence-electron chi connectivity index (χ1n) is 8.91. The lowest BCUT2D eigenvalue weighted by atomic mass is 9.79. The van der Waals surface area contributed by atoms with Crippen molar-refractivity contribution in [3.63, 3.8) is 0 Å². The molecule has 1 spiro atoms. The average molecular weight is 357 g/mol. The second kappa shape index (κ2) is 7.59. The maximum Gasteiger partial charge on any atom is 0.230 e. The van der Waals surface area contributed by atoms with Crippen molar-refractivity contribution in [2.75, 3.05) is 19.6 Å². The summed E-state index contributed by atoms with van der Waals surface area (Å²) in [6.45, 7) is 3.53. The minimum absolute atomic E-state index is 0. The molecule has 4 rings (SSSR count). The van der Waals surface area contributed by atoms with Crippen molar-refractivity contribution in [2.45, 2.75) is 25.8 Å². The molecule has 132 valence electrons. The second-order valence-corrected chi connectivity index (χ2v) is 7.10. The molecular formula is C21H25ClN2O. The fourth-order valence-corrected chi connectivity index (χ4v) is 4.06. The Labute approximate surface area is 155 Å². The van der Waals surface area contributed by atoms with Crippen LogP contribution in [0.1, 0.15) is 24.8 Å². The number of piperidine rings is 1. The molecule has 0 radical (unpaired) electrons. The van der Waals surface area contributed by atoms with Crippen molar-refractivity contribution in [3.8, 4) is 11.1 Å². The number of nitrogens with zero attached hydrogens (tertiary/aromatic N) is 1. The second-order valence-electron chi connectivity index (χ2n) is 7.10. The van der Waals surface area contributed by atoms with Crippen molar-refractivity contribution in [1.29, 1.82) is 0 Å². The largest absolute Gasteiger partial charge is 0.338 e. The first-order chi connectivity index (χ1) is 11.8. The average Bonchev–Trinajstić information content (AvgIpc) is 2.93. The summed E-state index contributed by atoms with van der Waals surface area (Å²) >= 11 is 0. The predicted molar refractivity (Wildman–Crippen MR) is 104 cm³/mol. The quantitative estimate of drug-likeness (QED) is 0.905. The Hall–Kier alpha value is -1.84. The predicted octanol–water partition coefficient (Wildman–Crippen LogP) is 3.88. The van der Waals surface area contributed by atoms with Gasteiger partial charge in [0.2, 0.25) is 5.91 Å². The highest BCUT2D eigenvalue weighted by molar-refractivity contribution is 5.85. The molecule has 3 nitrogen and oxygen atoms in total. The van der Waals surface area contributed by atoms with Crippen LogP contribution < -0.4 is 5.32 Å². The topological polar surface area (TPSA) is 32.3 Å². The molecule has 1 unspecified atom stereocenters. The zero-order valence-electron chi connectivity index (χ0n) is 14.4. The van der Waals surface area contributed by atoms with E-state index in [2.05, 4.69) is 53.8 Å². The summed E-state index contributed by atoms with van der Waals surface area (Å²) in [5.41, 5.74) is 3.54. The summed E-state index contributed by atoms with van der Waals surface area (Å²) < 4.78 is 0. The van der Waals surface area contributed by atoms with Gasteiger partial charge in [-0.15, -0.1) is 12.4 Å². The van der Waals surface area contributed by atoms with Crippen molar-refractivity contribution in [2.24, 2.45) is 5.41 Å². The van der Waals surface area contributed by atoms with E-state index in [0.29, 0.717) is 5.91 Å². The maximum atomic E-state index is 12.9. The SMILES string of the molecule is Cl.O=C1N(Cc2ccc(-c3ccccc3)cc2)CCC12CCCNC2. The van der Waals surface area contributed by atoms with E-state index in [9.17, 15) is 4.79 Å². The minimum atomic E-state index is -0.123. The van der Waals surface area contributed by atoms with Crippen LogP contribution in [0.25, 0.3) is 11.1 Å². The molecule has 2 heterocycles. The van der Waals surface area contributed by atoms with Crippen LogP contribution in [0.5, 0.6) is 0 Å². The number of rotatable bonds is 3. The van der Waals surface area contributed by atoms with E-state index in [0.717, 1.165) is 45.4 Å². The van der Waals surface area contributed by atoms with Gasteiger partial charge in [0.05, 0.1) is 5.41 Å². The Balaban J connectivity index is 0.00000182. The first-order valence-corrected chi connectivity index (χ1v) is 8.91. The van der Waals surface area contributed by atoms with Gasteiger partial charge in [-0.1, -0.05) is 54.6 Å². The lowest BCUT2D eigenvalue weighted by Gasteiger charge is -2.32. The monoisotopic (exact) mass is 356 g/mol. The van der Waals surface area contributed by atoms with Crippen LogP contribution in [0.15, 0.2) is 54.6 Å². The van der Waals surface area contributed by atoms with Gasteiger partial charge in [-0.25, -0.2) is 0 Å². The van der Waals surface area contributed by atoms with Gasteiger partial charge in [0.25, 0.3) is 0 Å². The van der Waals surface area contributed by atoms with Crippen molar-refractivity contribution < 1.29 is 4.79 Å². The zero-order chi connectivity index (χ0) is 16.4. The number of carbonyl (C=O) groups excluding carboxylic acids is 1. The van der Waals surface area contributed by atoms with Gasteiger partial charge in [-0.05, 0) is 42.5 Å². The third-order valence-corrected chi connectivity index (χ3v) is 5.51. The van der Waals surface area contributed by atoms with Crippen LogP contribution in [0.3, 0.4) is 0 Å². The van der Waals surface area contributed by atoms with E-state index in [1.165, 1.54) is 16.7 Å². The minimum Gasteiger partial charge on any atom is -0.338 e. The van der Waals surface area contributed by atoms with Crippen molar-refractivity contribution in [1.82, 2.24) is 10.2 Å². The Bertz CT molecular complexity index is 708. The molecule has 0 aliphatic carbocycles. The van der Waals surface area contributed by atoms with Gasteiger partial charge in [-0.2, -0.15) is 0 Å². The molecule has 2 aromatic carbocycles. The highest BCUT2D eigenvalue weighted by atomic mass is 35.5. The molecule has 2 aliphatic rings. The van der Waals surface area contributed by atoms with Gasteiger partial charge in [0.1, 0.15) is 0 Å². The van der Waals surface area contributed by atoms with E-state index in [-0.39, 0.29) is 17.8 Å². The Morgan fingerprint density at radius 1 is 0.960 bits per heavy atom. The van der Waals surface area contributed by atoms with Gasteiger partial charge in [0.15, 0.2) is 0 Å². The smallest absolute Gasteiger partial charge is 0.230 e. The van der Waals surface area contributed by atoms with Crippen molar-refractivity contribution >= 4 is 18.3 Å². The molecule has 1 N–H and O–H groups in total. The Morgan fingerprint density at radius 3 is 2.36 bits per heavy atom. The van der Waals surface area contributed by atoms with Gasteiger partial charge in [0, 0.05) is 19.6 Å². The maximum absolute atomic E-state index is 12.9. The van der Waals surface area contributed by atoms with Crippen LogP contribution >= 0.6 is 12.4 Å². The number of likely N-dealkylation sites (tertiary alicyclic amines) is 1. The number of nitrogens with one attached hydrogen (secondary N) is 1. The fourth-order valence-electron chi connectivity index (χ4n) is 4.06. The van der Waals surface area contributed by atoms with E-state index in [4.69, 9.17) is 0 Å². The molecule has 0 saturated carbocycles. The first kappa shape index (κ1) is 18.0. The van der Waals surface area contributed by atoms with E-state index in [1.807, 2.05) is 11.0 Å². The van der Waals surface area contributed by atoms with Gasteiger partial charge < -0.3 is 10.2 Å². The highest BCUT2D eigenvalue weighted by Gasteiger charge is 2.46. The molecule has 0 bridgehead atoms. The molecule has 2 aliphatic heterocycles. The van der Waals surface area contributed by atoms with Crippen molar-refractivity contribution in [3.05, 3.63) is 60.2 Å². The standard InChI is InChI=1S/C21H24N2O.ClH/c24-20-21(11-4-13-22-16-21)12-14-23(20)15-17-7-9-19(10-8-17)18-5-2-1-3-6-18;/h1-3,5-10,22H,4,11-16H2;1H. The summed E-state index contributed by atoms with van der Waals surface area (Å²) in [5.74, 6) is 0.349. The van der Waals surface area contributed by atoms with E-state index in [1.54, 1.807) is 0 Å². The molecule has 1 atom stereocenters. The van der Waals surface area contributed by atoms with Crippen LogP contribution in [-0.2, 0) is 11.3 Å². The van der Waals surface area contributed by atoms with Crippen LogP contribution in [0.4, 0.5) is 0 Å². The number of amides is 1. The van der Waals surface area contributed by atoms with Gasteiger partial charge in [-0.3, -0.25) is 4.79 Å². The summed E-state index contributed by atoms with van der Waals surface area (Å²) in [6, 6.07) is 19.0. The molecule has 2 fully saturated rings. The van der Waals surface area contributed by atoms with Crippen LogP contribution in [0, 0.1) is 5.41 Å². The lowest BCUT2D eigenvalue weighted by Crippen LogP contribution is -2.45. The number of hydrogen-bond donors (Lipinski definition) is 1. The molecule has 1 amide bonds. The van der Waals surface area contributed by atoms with E-state index < -0.39 is 0 Å². The fraction of sp³-hybridized carbons (Fsp3) is 0.381. The zero-order valence-corrected chi connectivity index (χ0v) is 15.2. The third-order valence-electron chi connectivity index (χ3n) is 5.51. The molecule has 25 heavy (non-hydrogen) atoms. The number of carbonyl (C=O) groups is 1. The Morgan fingerprint density at radius 2 is 1.68 bits per heavy atom. The number of hydrogen-bond acceptors (Lipinski definition) is 2.